The number of aromatic nitrogens is 5. The number of hydrogen-bond donors (Lipinski definition) is 0. The lowest BCUT2D eigenvalue weighted by Gasteiger charge is -2.31. The van der Waals surface area contributed by atoms with Crippen LogP contribution in [0.4, 0.5) is 0 Å². The van der Waals surface area contributed by atoms with Gasteiger partial charge in [-0.15, -0.1) is 5.10 Å². The largest absolute Gasteiger partial charge is 0.367 e. The minimum absolute atomic E-state index is 0.0425. The molecular formula is C13H18N6O2. The summed E-state index contributed by atoms with van der Waals surface area (Å²) >= 11 is 0. The molecule has 2 aromatic rings. The van der Waals surface area contributed by atoms with Gasteiger partial charge in [0.1, 0.15) is 6.10 Å². The van der Waals surface area contributed by atoms with E-state index >= 15 is 0 Å². The predicted molar refractivity (Wildman–Crippen MR) is 74.5 cm³/mol. The van der Waals surface area contributed by atoms with Crippen LogP contribution < -0.4 is 5.56 Å². The number of morpholine rings is 1. The normalized spacial score (nSPS) is 19.8. The van der Waals surface area contributed by atoms with Crippen molar-refractivity contribution in [3.63, 3.8) is 0 Å². The third kappa shape index (κ3) is 2.86. The zero-order valence-electron chi connectivity index (χ0n) is 12.1. The van der Waals surface area contributed by atoms with Gasteiger partial charge < -0.3 is 9.30 Å². The Kier molecular flexibility index (Phi) is 3.80. The van der Waals surface area contributed by atoms with Gasteiger partial charge in [-0.2, -0.15) is 0 Å². The topological polar surface area (TPSA) is 78.1 Å². The minimum atomic E-state index is -0.161. The van der Waals surface area contributed by atoms with Crippen molar-refractivity contribution in [2.75, 3.05) is 19.7 Å². The maximum Gasteiger partial charge on any atom is 0.254 e. The van der Waals surface area contributed by atoms with E-state index in [1.54, 1.807) is 29.5 Å². The number of nitrogens with zero attached hydrogens (tertiary/aromatic N) is 6. The van der Waals surface area contributed by atoms with Crippen LogP contribution in [0.3, 0.4) is 0 Å². The molecular weight excluding hydrogens is 272 g/mol. The molecule has 1 saturated heterocycles. The summed E-state index contributed by atoms with van der Waals surface area (Å²) in [4.78, 5) is 14.3. The van der Waals surface area contributed by atoms with E-state index in [0.29, 0.717) is 25.5 Å². The van der Waals surface area contributed by atoms with Gasteiger partial charge in [0.2, 0.25) is 0 Å². The summed E-state index contributed by atoms with van der Waals surface area (Å²) in [7, 11) is 3.56. The van der Waals surface area contributed by atoms with Gasteiger partial charge in [-0.1, -0.05) is 6.07 Å². The van der Waals surface area contributed by atoms with Crippen LogP contribution in [0.15, 0.2) is 23.1 Å². The predicted octanol–water partition coefficient (Wildman–Crippen LogP) is -0.518. The maximum atomic E-state index is 12.1. The number of rotatable bonds is 3. The lowest BCUT2D eigenvalue weighted by molar-refractivity contribution is -0.0390. The highest BCUT2D eigenvalue weighted by molar-refractivity contribution is 5.10. The van der Waals surface area contributed by atoms with E-state index in [1.807, 2.05) is 12.1 Å². The highest BCUT2D eigenvalue weighted by Gasteiger charge is 2.26. The van der Waals surface area contributed by atoms with Gasteiger partial charge in [0.05, 0.1) is 6.61 Å². The van der Waals surface area contributed by atoms with E-state index in [1.165, 1.54) is 0 Å². The van der Waals surface area contributed by atoms with Crippen molar-refractivity contribution in [3.8, 4) is 0 Å². The second-order valence-corrected chi connectivity index (χ2v) is 5.20. The van der Waals surface area contributed by atoms with Crippen LogP contribution in [0.5, 0.6) is 0 Å². The summed E-state index contributed by atoms with van der Waals surface area (Å²) in [6.45, 7) is 2.68. The Labute approximate surface area is 121 Å². The third-order valence-corrected chi connectivity index (χ3v) is 3.69. The molecule has 112 valence electrons. The number of hydrogen-bond acceptors (Lipinski definition) is 6. The van der Waals surface area contributed by atoms with Crippen molar-refractivity contribution in [3.05, 3.63) is 40.1 Å². The first kappa shape index (κ1) is 13.9. The van der Waals surface area contributed by atoms with E-state index in [0.717, 1.165) is 12.1 Å². The fraction of sp³-hybridized carbons (Fsp3) is 0.538. The SMILES string of the molecule is Cn1nnnc1C1CN(Cc2cccn(C)c2=O)CCO1. The van der Waals surface area contributed by atoms with Crippen LogP contribution in [0.2, 0.25) is 0 Å². The average molecular weight is 290 g/mol. The van der Waals surface area contributed by atoms with Crippen molar-refractivity contribution in [2.45, 2.75) is 12.6 Å². The van der Waals surface area contributed by atoms with Crippen molar-refractivity contribution in [2.24, 2.45) is 14.1 Å². The second-order valence-electron chi connectivity index (χ2n) is 5.20. The highest BCUT2D eigenvalue weighted by Crippen LogP contribution is 2.20. The first-order valence-electron chi connectivity index (χ1n) is 6.86. The first-order chi connectivity index (χ1) is 10.1. The summed E-state index contributed by atoms with van der Waals surface area (Å²) in [6.07, 6.45) is 1.60. The summed E-state index contributed by atoms with van der Waals surface area (Å²) < 4.78 is 8.95. The minimum Gasteiger partial charge on any atom is -0.367 e. The number of pyridine rings is 1. The summed E-state index contributed by atoms with van der Waals surface area (Å²) in [5, 5.41) is 11.5. The number of aryl methyl sites for hydroxylation is 2. The zero-order chi connectivity index (χ0) is 14.8. The van der Waals surface area contributed by atoms with E-state index in [9.17, 15) is 4.79 Å². The standard InChI is InChI=1S/C13H18N6O2/c1-17-5-3-4-10(13(17)20)8-19-6-7-21-11(9-19)12-14-15-16-18(12)2/h3-5,11H,6-9H2,1-2H3. The summed E-state index contributed by atoms with van der Waals surface area (Å²) in [5.41, 5.74) is 0.831. The Morgan fingerprint density at radius 2 is 2.29 bits per heavy atom. The van der Waals surface area contributed by atoms with Crippen LogP contribution >= 0.6 is 0 Å². The molecule has 3 heterocycles. The molecule has 3 rings (SSSR count). The molecule has 1 fully saturated rings. The van der Waals surface area contributed by atoms with Crippen molar-refractivity contribution < 1.29 is 4.74 Å². The van der Waals surface area contributed by atoms with E-state index < -0.39 is 0 Å². The molecule has 1 aliphatic heterocycles. The van der Waals surface area contributed by atoms with Gasteiger partial charge in [0, 0.05) is 45.5 Å². The van der Waals surface area contributed by atoms with Gasteiger partial charge in [-0.25, -0.2) is 4.68 Å². The van der Waals surface area contributed by atoms with Crippen LogP contribution in [-0.4, -0.2) is 49.4 Å². The van der Waals surface area contributed by atoms with E-state index in [-0.39, 0.29) is 11.7 Å². The first-order valence-corrected chi connectivity index (χ1v) is 6.86. The van der Waals surface area contributed by atoms with Crippen LogP contribution in [-0.2, 0) is 25.4 Å². The van der Waals surface area contributed by atoms with Gasteiger partial charge in [0.25, 0.3) is 5.56 Å². The molecule has 1 unspecified atom stereocenters. The Morgan fingerprint density at radius 3 is 3.05 bits per heavy atom. The Hall–Kier alpha value is -2.06. The molecule has 0 N–H and O–H groups in total. The highest BCUT2D eigenvalue weighted by atomic mass is 16.5. The summed E-state index contributed by atoms with van der Waals surface area (Å²) in [5.74, 6) is 0.709. The van der Waals surface area contributed by atoms with Crippen LogP contribution in [0.25, 0.3) is 0 Å². The molecule has 0 saturated carbocycles. The molecule has 1 aliphatic rings. The monoisotopic (exact) mass is 290 g/mol. The number of tetrazole rings is 1. The Bertz CT molecular complexity index is 679. The van der Waals surface area contributed by atoms with E-state index in [2.05, 4.69) is 20.4 Å². The molecule has 0 spiro atoms. The Morgan fingerprint density at radius 1 is 1.43 bits per heavy atom. The molecule has 0 bridgehead atoms. The molecule has 0 aliphatic carbocycles. The van der Waals surface area contributed by atoms with Crippen molar-refractivity contribution in [1.29, 1.82) is 0 Å². The molecule has 2 aromatic heterocycles. The molecule has 8 heteroatoms. The number of ether oxygens (including phenoxy) is 1. The smallest absolute Gasteiger partial charge is 0.254 e. The van der Waals surface area contributed by atoms with E-state index in [4.69, 9.17) is 4.74 Å². The van der Waals surface area contributed by atoms with Gasteiger partial charge in [-0.3, -0.25) is 9.69 Å². The molecule has 0 radical (unpaired) electrons. The molecule has 0 aromatic carbocycles. The summed E-state index contributed by atoms with van der Waals surface area (Å²) in [6, 6.07) is 3.76. The molecule has 21 heavy (non-hydrogen) atoms. The fourth-order valence-corrected chi connectivity index (χ4v) is 2.53. The fourth-order valence-electron chi connectivity index (χ4n) is 2.53. The Balaban J connectivity index is 1.73. The van der Waals surface area contributed by atoms with Gasteiger partial charge in [0.15, 0.2) is 5.82 Å². The molecule has 0 amide bonds. The second kappa shape index (κ2) is 5.74. The zero-order valence-corrected chi connectivity index (χ0v) is 12.1. The van der Waals surface area contributed by atoms with Crippen molar-refractivity contribution in [1.82, 2.24) is 29.7 Å². The third-order valence-electron chi connectivity index (χ3n) is 3.69. The lowest BCUT2D eigenvalue weighted by Crippen LogP contribution is -2.40. The molecule has 1 atom stereocenters. The average Bonchev–Trinajstić information content (AvgIpc) is 2.90. The molecule has 8 nitrogen and oxygen atoms in total. The quantitative estimate of drug-likeness (QED) is 0.757. The lowest BCUT2D eigenvalue weighted by atomic mass is 10.2. The van der Waals surface area contributed by atoms with Crippen molar-refractivity contribution >= 4 is 0 Å². The van der Waals surface area contributed by atoms with Gasteiger partial charge in [-0.05, 0) is 16.5 Å². The maximum absolute atomic E-state index is 12.1. The van der Waals surface area contributed by atoms with Crippen LogP contribution in [0, 0.1) is 0 Å². The van der Waals surface area contributed by atoms with Crippen LogP contribution in [0.1, 0.15) is 17.5 Å². The van der Waals surface area contributed by atoms with Gasteiger partial charge >= 0.3 is 0 Å².